The van der Waals surface area contributed by atoms with Crippen LogP contribution in [0.25, 0.3) is 6.08 Å². The number of hydrogen-bond acceptors (Lipinski definition) is 2. The van der Waals surface area contributed by atoms with Crippen molar-refractivity contribution >= 4 is 23.3 Å². The van der Waals surface area contributed by atoms with Gasteiger partial charge in [0.25, 0.3) is 0 Å². The molecule has 0 N–H and O–H groups in total. The van der Waals surface area contributed by atoms with Gasteiger partial charge in [-0.05, 0) is 24.3 Å². The van der Waals surface area contributed by atoms with E-state index in [1.54, 1.807) is 30.5 Å². The van der Waals surface area contributed by atoms with Gasteiger partial charge in [-0.25, -0.2) is 4.21 Å². The maximum absolute atomic E-state index is 11.3. The molecule has 0 radical (unpaired) electrons. The molecule has 1 atom stereocenters. The Bertz CT molecular complexity index is 384. The molecular formula is C8H6N2OS. The zero-order chi connectivity index (χ0) is 8.39. The zero-order valence-corrected chi connectivity index (χ0v) is 6.99. The fraction of sp³-hybridized carbons (Fsp3) is 0. The Labute approximate surface area is 72.5 Å². The normalized spacial score (nSPS) is 20.2. The summed E-state index contributed by atoms with van der Waals surface area (Å²) in [6, 6.07) is 3.52. The van der Waals surface area contributed by atoms with Crippen LogP contribution in [0.5, 0.6) is 0 Å². The van der Waals surface area contributed by atoms with Gasteiger partial charge in [-0.15, -0.1) is 0 Å². The zero-order valence-electron chi connectivity index (χ0n) is 6.18. The van der Waals surface area contributed by atoms with E-state index in [0.29, 0.717) is 4.90 Å². The van der Waals surface area contributed by atoms with Crippen LogP contribution in [0.15, 0.2) is 33.7 Å². The van der Waals surface area contributed by atoms with Crippen molar-refractivity contribution in [3.63, 3.8) is 0 Å². The second-order valence-corrected chi connectivity index (χ2v) is 3.40. The Hall–Kier alpha value is -1.29. The molecule has 1 aromatic rings. The highest BCUT2D eigenvalue weighted by Crippen LogP contribution is 2.14. The van der Waals surface area contributed by atoms with Crippen LogP contribution in [-0.2, 0) is 11.0 Å². The minimum absolute atomic E-state index is 0.669. The van der Waals surface area contributed by atoms with E-state index in [4.69, 9.17) is 0 Å². The molecule has 1 aliphatic rings. The van der Waals surface area contributed by atoms with E-state index < -0.39 is 11.0 Å². The highest BCUT2D eigenvalue weighted by atomic mass is 32.2. The third-order valence-corrected chi connectivity index (χ3v) is 2.52. The summed E-state index contributed by atoms with van der Waals surface area (Å²) in [4.78, 5) is 4.74. The second-order valence-electron chi connectivity index (χ2n) is 2.25. The molecule has 0 bridgehead atoms. The van der Waals surface area contributed by atoms with Crippen molar-refractivity contribution in [2.75, 3.05) is 0 Å². The third kappa shape index (κ3) is 1.21. The van der Waals surface area contributed by atoms with Crippen molar-refractivity contribution in [1.82, 2.24) is 4.98 Å². The van der Waals surface area contributed by atoms with Gasteiger partial charge in [0.2, 0.25) is 0 Å². The molecule has 0 spiro atoms. The highest BCUT2D eigenvalue weighted by molar-refractivity contribution is 7.84. The lowest BCUT2D eigenvalue weighted by molar-refractivity contribution is 0.684. The maximum Gasteiger partial charge on any atom is 0.174 e. The van der Waals surface area contributed by atoms with Crippen LogP contribution >= 0.6 is 0 Å². The second kappa shape index (κ2) is 2.98. The Morgan fingerprint density at radius 3 is 3.25 bits per heavy atom. The van der Waals surface area contributed by atoms with Gasteiger partial charge >= 0.3 is 0 Å². The average molecular weight is 178 g/mol. The van der Waals surface area contributed by atoms with Crippen LogP contribution in [0.4, 0.5) is 0 Å². The van der Waals surface area contributed by atoms with Crippen molar-refractivity contribution in [3.05, 3.63) is 30.1 Å². The molecule has 0 saturated heterocycles. The van der Waals surface area contributed by atoms with Gasteiger partial charge < -0.3 is 0 Å². The Morgan fingerprint density at radius 2 is 2.33 bits per heavy atom. The van der Waals surface area contributed by atoms with Gasteiger partial charge in [0.05, 0.1) is 10.6 Å². The Kier molecular flexibility index (Phi) is 1.83. The standard InChI is InChI=1S/C8H6N2OS/c11-12-8-4-2-5-9-7(8)3-1-6-10-12/h1-6H. The summed E-state index contributed by atoms with van der Waals surface area (Å²) in [5.74, 6) is 0. The van der Waals surface area contributed by atoms with Crippen LogP contribution < -0.4 is 0 Å². The molecule has 1 unspecified atom stereocenters. The maximum atomic E-state index is 11.3. The molecule has 0 aromatic carbocycles. The minimum Gasteiger partial charge on any atom is -0.256 e. The summed E-state index contributed by atoms with van der Waals surface area (Å²) in [6.07, 6.45) is 6.73. The minimum atomic E-state index is -1.29. The molecule has 2 rings (SSSR count). The number of allylic oxidation sites excluding steroid dienone is 1. The summed E-state index contributed by atoms with van der Waals surface area (Å²) in [6.45, 7) is 0. The smallest absolute Gasteiger partial charge is 0.174 e. The fourth-order valence-electron chi connectivity index (χ4n) is 0.957. The number of hydrogen-bond donors (Lipinski definition) is 0. The fourth-order valence-corrected chi connectivity index (χ4v) is 1.75. The van der Waals surface area contributed by atoms with Gasteiger partial charge in [-0.2, -0.15) is 4.40 Å². The topological polar surface area (TPSA) is 42.3 Å². The van der Waals surface area contributed by atoms with Gasteiger partial charge in [0.15, 0.2) is 11.0 Å². The third-order valence-electron chi connectivity index (χ3n) is 1.48. The van der Waals surface area contributed by atoms with E-state index in [9.17, 15) is 4.21 Å². The summed E-state index contributed by atoms with van der Waals surface area (Å²) in [7, 11) is -1.29. The molecule has 0 fully saturated rings. The molecule has 0 amide bonds. The first-order chi connectivity index (χ1) is 5.88. The predicted molar refractivity (Wildman–Crippen MR) is 48.2 cm³/mol. The number of fused-ring (bicyclic) bond motifs is 1. The summed E-state index contributed by atoms with van der Waals surface area (Å²) in [5.41, 5.74) is 0.730. The van der Waals surface area contributed by atoms with Gasteiger partial charge in [0, 0.05) is 12.4 Å². The number of pyridine rings is 1. The molecule has 0 saturated carbocycles. The van der Waals surface area contributed by atoms with Gasteiger partial charge in [-0.3, -0.25) is 4.98 Å². The van der Waals surface area contributed by atoms with Crippen molar-refractivity contribution in [1.29, 1.82) is 0 Å². The lowest BCUT2D eigenvalue weighted by Gasteiger charge is -1.97. The van der Waals surface area contributed by atoms with Crippen molar-refractivity contribution < 1.29 is 4.21 Å². The van der Waals surface area contributed by atoms with Gasteiger partial charge in [-0.1, -0.05) is 0 Å². The Morgan fingerprint density at radius 1 is 1.42 bits per heavy atom. The monoisotopic (exact) mass is 178 g/mol. The van der Waals surface area contributed by atoms with Crippen LogP contribution in [0.3, 0.4) is 0 Å². The molecule has 4 heteroatoms. The molecule has 0 aliphatic carbocycles. The van der Waals surface area contributed by atoms with Crippen LogP contribution in [0.2, 0.25) is 0 Å². The summed E-state index contributed by atoms with van der Waals surface area (Å²) in [5, 5.41) is 0. The number of aromatic nitrogens is 1. The lowest BCUT2D eigenvalue weighted by atomic mass is 10.3. The molecule has 1 aliphatic heterocycles. The first kappa shape index (κ1) is 7.36. The quantitative estimate of drug-likeness (QED) is 0.599. The van der Waals surface area contributed by atoms with Crippen molar-refractivity contribution in [2.24, 2.45) is 4.40 Å². The van der Waals surface area contributed by atoms with Crippen LogP contribution in [0.1, 0.15) is 5.69 Å². The SMILES string of the molecule is O=S1N=CC=Cc2ncccc21. The molecular weight excluding hydrogens is 172 g/mol. The van der Waals surface area contributed by atoms with Crippen LogP contribution in [0, 0.1) is 0 Å². The molecule has 12 heavy (non-hydrogen) atoms. The molecule has 60 valence electrons. The van der Waals surface area contributed by atoms with E-state index in [-0.39, 0.29) is 0 Å². The van der Waals surface area contributed by atoms with E-state index >= 15 is 0 Å². The van der Waals surface area contributed by atoms with Gasteiger partial charge in [0.1, 0.15) is 0 Å². The summed E-state index contributed by atoms with van der Waals surface area (Å²) < 4.78 is 15.1. The molecule has 1 aromatic heterocycles. The van der Waals surface area contributed by atoms with Crippen molar-refractivity contribution in [3.8, 4) is 0 Å². The predicted octanol–water partition coefficient (Wildman–Crippen LogP) is 1.20. The number of nitrogens with zero attached hydrogens (tertiary/aromatic N) is 2. The molecule has 2 heterocycles. The Balaban J connectivity index is 2.64. The molecule has 3 nitrogen and oxygen atoms in total. The average Bonchev–Trinajstić information content (AvgIpc) is 2.29. The first-order valence-electron chi connectivity index (χ1n) is 3.45. The van der Waals surface area contributed by atoms with E-state index in [0.717, 1.165) is 5.69 Å². The first-order valence-corrected chi connectivity index (χ1v) is 4.56. The van der Waals surface area contributed by atoms with E-state index in [1.807, 2.05) is 0 Å². The highest BCUT2D eigenvalue weighted by Gasteiger charge is 2.07. The lowest BCUT2D eigenvalue weighted by Crippen LogP contribution is -1.91. The van der Waals surface area contributed by atoms with Crippen LogP contribution in [-0.4, -0.2) is 15.4 Å². The van der Waals surface area contributed by atoms with E-state index in [2.05, 4.69) is 9.38 Å². The largest absolute Gasteiger partial charge is 0.256 e. The summed E-state index contributed by atoms with van der Waals surface area (Å²) >= 11 is 0. The van der Waals surface area contributed by atoms with Crippen molar-refractivity contribution in [2.45, 2.75) is 4.90 Å². The van der Waals surface area contributed by atoms with E-state index in [1.165, 1.54) is 6.21 Å². The number of rotatable bonds is 0.